The van der Waals surface area contributed by atoms with Crippen LogP contribution in [0.15, 0.2) is 60.8 Å². The van der Waals surface area contributed by atoms with E-state index in [9.17, 15) is 0 Å². The first-order valence-corrected chi connectivity index (χ1v) is 16.4. The Bertz CT molecular complexity index is 2020. The molecule has 3 aromatic carbocycles. The lowest BCUT2D eigenvalue weighted by molar-refractivity contribution is 0.0481. The van der Waals surface area contributed by atoms with Gasteiger partial charge in [-0.15, -0.1) is 0 Å². The summed E-state index contributed by atoms with van der Waals surface area (Å²) < 4.78 is 32.4. The van der Waals surface area contributed by atoms with Gasteiger partial charge in [-0.1, -0.05) is 30.3 Å². The maximum atomic E-state index is 16.2. The molecule has 0 radical (unpaired) electrons. The molecule has 5 aromatic rings. The Balaban J connectivity index is 0.954. The van der Waals surface area contributed by atoms with Crippen molar-refractivity contribution in [3.8, 4) is 33.5 Å². The lowest BCUT2D eigenvalue weighted by Gasteiger charge is -2.30. The number of fused-ring (bicyclic) bond motifs is 6. The van der Waals surface area contributed by atoms with E-state index in [1.165, 1.54) is 32.1 Å². The third kappa shape index (κ3) is 3.78. The van der Waals surface area contributed by atoms with Gasteiger partial charge >= 0.3 is 0 Å². The highest BCUT2D eigenvalue weighted by molar-refractivity contribution is 5.86. The van der Waals surface area contributed by atoms with Crippen molar-refractivity contribution in [2.24, 2.45) is 11.3 Å². The number of aromatic amines is 2. The summed E-state index contributed by atoms with van der Waals surface area (Å²) in [6, 6.07) is 18.2. The van der Waals surface area contributed by atoms with Crippen LogP contribution in [0.3, 0.4) is 0 Å². The number of rotatable bonds is 4. The van der Waals surface area contributed by atoms with Crippen molar-refractivity contribution >= 4 is 11.0 Å². The molecule has 8 heteroatoms. The largest absolute Gasteiger partial charge is 0.341 e. The fourth-order valence-electron chi connectivity index (χ4n) is 9.31. The number of aromatic nitrogens is 4. The van der Waals surface area contributed by atoms with Crippen molar-refractivity contribution in [3.63, 3.8) is 0 Å². The minimum absolute atomic E-state index is 0.0573. The van der Waals surface area contributed by atoms with E-state index in [0.29, 0.717) is 34.5 Å². The van der Waals surface area contributed by atoms with E-state index >= 15 is 8.78 Å². The van der Waals surface area contributed by atoms with Crippen LogP contribution in [0.4, 0.5) is 8.78 Å². The molecule has 228 valence electrons. The highest BCUT2D eigenvalue weighted by Crippen LogP contribution is 2.58. The molecule has 2 bridgehead atoms. The van der Waals surface area contributed by atoms with E-state index in [-0.39, 0.29) is 17.2 Å². The molecule has 2 aromatic heterocycles. The second-order valence-corrected chi connectivity index (χ2v) is 14.6. The van der Waals surface area contributed by atoms with Gasteiger partial charge in [-0.2, -0.15) is 8.78 Å². The van der Waals surface area contributed by atoms with Crippen LogP contribution in [0.1, 0.15) is 73.4 Å². The molecule has 0 amide bonds. The number of imidazole rings is 2. The van der Waals surface area contributed by atoms with Gasteiger partial charge in [-0.05, 0) is 110 Å². The number of benzene rings is 3. The maximum Gasteiger partial charge on any atom is 0.299 e. The predicted molar refractivity (Wildman–Crippen MR) is 171 cm³/mol. The summed E-state index contributed by atoms with van der Waals surface area (Å²) in [5, 5.41) is 0. The first-order chi connectivity index (χ1) is 21.8. The molecule has 2 saturated heterocycles. The second-order valence-electron chi connectivity index (χ2n) is 14.6. The lowest BCUT2D eigenvalue weighted by atomic mass is 9.98. The van der Waals surface area contributed by atoms with Crippen LogP contribution in [-0.2, 0) is 5.92 Å². The van der Waals surface area contributed by atoms with Crippen LogP contribution in [0.25, 0.3) is 44.5 Å². The van der Waals surface area contributed by atoms with Gasteiger partial charge < -0.3 is 9.97 Å². The highest BCUT2D eigenvalue weighted by atomic mass is 19.3. The molecule has 1 spiro atoms. The number of alkyl halides is 2. The van der Waals surface area contributed by atoms with Gasteiger partial charge in [0.2, 0.25) is 0 Å². The van der Waals surface area contributed by atoms with Crippen molar-refractivity contribution in [1.82, 2.24) is 29.7 Å². The number of hydrogen-bond acceptors (Lipinski definition) is 4. The Hall–Kier alpha value is -3.88. The Morgan fingerprint density at radius 2 is 1.58 bits per heavy atom. The number of piperidine rings is 1. The maximum absolute atomic E-state index is 16.2. The fraction of sp³-hybridized carbons (Fsp3) is 0.405. The summed E-state index contributed by atoms with van der Waals surface area (Å²) in [5.74, 6) is -0.489. The number of nitrogens with one attached hydrogen (secondary N) is 2. The number of hydrogen-bond donors (Lipinski definition) is 2. The zero-order chi connectivity index (χ0) is 30.2. The average molecular weight is 603 g/mol. The van der Waals surface area contributed by atoms with Crippen LogP contribution in [0.5, 0.6) is 0 Å². The summed E-state index contributed by atoms with van der Waals surface area (Å²) in [5.41, 5.74) is 6.87. The topological polar surface area (TPSA) is 63.8 Å². The van der Waals surface area contributed by atoms with E-state index in [1.807, 2.05) is 36.4 Å². The minimum Gasteiger partial charge on any atom is -0.341 e. The standard InChI is InChI=1S/C37H36F2N6/c1-44-19-36(11-12-36)17-32(44)34-40-18-31(43-34)22-5-9-26-25-8-4-20(14-27(25)37(38,39)28(26)15-22)21-6-10-29-30(16-21)42-35(41-29)33-23-3-7-24(13-23)45(33)2/h4-6,8-10,14-16,18,23-24,32-33H,3,7,11-13,17,19H2,1-2H3,(H,40,43)(H,41,42)/t23?,24?,32-,33?/m0/s1. The summed E-state index contributed by atoms with van der Waals surface area (Å²) in [7, 11) is 4.37. The summed E-state index contributed by atoms with van der Waals surface area (Å²) in [6.07, 6.45) is 9.29. The number of likely N-dealkylation sites (tertiary alicyclic amines) is 2. The van der Waals surface area contributed by atoms with Gasteiger partial charge in [0.25, 0.3) is 5.92 Å². The average Bonchev–Trinajstić information content (AvgIpc) is 3.65. The molecule has 5 aliphatic rings. The minimum atomic E-state index is -3.10. The Kier molecular flexibility index (Phi) is 5.20. The summed E-state index contributed by atoms with van der Waals surface area (Å²) in [6.45, 7) is 1.11. The second kappa shape index (κ2) is 8.89. The summed E-state index contributed by atoms with van der Waals surface area (Å²) >= 11 is 0. The Labute approximate surface area is 260 Å². The van der Waals surface area contributed by atoms with E-state index in [2.05, 4.69) is 39.9 Å². The third-order valence-corrected chi connectivity index (χ3v) is 11.9. The van der Waals surface area contributed by atoms with Crippen LogP contribution in [0, 0.1) is 11.3 Å². The molecule has 45 heavy (non-hydrogen) atoms. The van der Waals surface area contributed by atoms with E-state index in [4.69, 9.17) is 9.97 Å². The fourth-order valence-corrected chi connectivity index (χ4v) is 9.31. The van der Waals surface area contributed by atoms with E-state index < -0.39 is 5.92 Å². The number of nitrogens with zero attached hydrogens (tertiary/aromatic N) is 4. The molecular weight excluding hydrogens is 566 g/mol. The van der Waals surface area contributed by atoms with Gasteiger partial charge in [0.05, 0.1) is 35.0 Å². The third-order valence-electron chi connectivity index (χ3n) is 11.9. The van der Waals surface area contributed by atoms with Gasteiger partial charge in [0.1, 0.15) is 11.6 Å². The quantitative estimate of drug-likeness (QED) is 0.219. The normalized spacial score (nSPS) is 27.6. The predicted octanol–water partition coefficient (Wildman–Crippen LogP) is 8.05. The molecule has 4 atom stereocenters. The van der Waals surface area contributed by atoms with E-state index in [0.717, 1.165) is 58.0 Å². The smallest absolute Gasteiger partial charge is 0.299 e. The van der Waals surface area contributed by atoms with Gasteiger partial charge in [-0.25, -0.2) is 9.97 Å². The first kappa shape index (κ1) is 26.3. The highest BCUT2D eigenvalue weighted by Gasteiger charge is 2.52. The van der Waals surface area contributed by atoms with E-state index in [1.54, 1.807) is 18.3 Å². The molecule has 3 aliphatic carbocycles. The Morgan fingerprint density at radius 1 is 0.844 bits per heavy atom. The molecule has 2 N–H and O–H groups in total. The number of halogens is 2. The molecule has 3 unspecified atom stereocenters. The van der Waals surface area contributed by atoms with Crippen LogP contribution < -0.4 is 0 Å². The van der Waals surface area contributed by atoms with Crippen molar-refractivity contribution in [3.05, 3.63) is 83.6 Å². The van der Waals surface area contributed by atoms with Crippen molar-refractivity contribution in [2.75, 3.05) is 20.6 Å². The van der Waals surface area contributed by atoms with Crippen LogP contribution in [-0.4, -0.2) is 56.4 Å². The molecule has 6 nitrogen and oxygen atoms in total. The van der Waals surface area contributed by atoms with Crippen LogP contribution in [0.2, 0.25) is 0 Å². The molecule has 2 saturated carbocycles. The van der Waals surface area contributed by atoms with Crippen molar-refractivity contribution in [2.45, 2.75) is 62.6 Å². The molecule has 10 rings (SSSR count). The zero-order valence-corrected chi connectivity index (χ0v) is 25.6. The number of H-pyrrole nitrogens is 2. The van der Waals surface area contributed by atoms with Crippen molar-refractivity contribution < 1.29 is 8.78 Å². The first-order valence-electron chi connectivity index (χ1n) is 16.4. The van der Waals surface area contributed by atoms with Gasteiger partial charge in [-0.3, -0.25) is 9.80 Å². The molecule has 2 aliphatic heterocycles. The summed E-state index contributed by atoms with van der Waals surface area (Å²) in [4.78, 5) is 21.6. The zero-order valence-electron chi connectivity index (χ0n) is 25.6. The SMILES string of the molecule is CN1C2CCC(C2)C1c1nc2ccc(-c3ccc4c(c3)C(F)(F)c3cc(-c5cnc([C@@H]6CC7(CC7)CN6C)[nH]5)ccc3-4)cc2[nH]1. The van der Waals surface area contributed by atoms with Gasteiger partial charge in [0.15, 0.2) is 0 Å². The molecule has 4 fully saturated rings. The lowest BCUT2D eigenvalue weighted by Crippen LogP contribution is -2.31. The van der Waals surface area contributed by atoms with Gasteiger partial charge in [0, 0.05) is 29.3 Å². The van der Waals surface area contributed by atoms with Crippen molar-refractivity contribution in [1.29, 1.82) is 0 Å². The Morgan fingerprint density at radius 3 is 2.31 bits per heavy atom. The monoisotopic (exact) mass is 602 g/mol. The van der Waals surface area contributed by atoms with Crippen LogP contribution >= 0.6 is 0 Å². The molecule has 4 heterocycles. The molecular formula is C37H36F2N6.